The van der Waals surface area contributed by atoms with Crippen LogP contribution < -0.4 is 19.6 Å². The van der Waals surface area contributed by atoms with Crippen molar-refractivity contribution in [3.05, 3.63) is 103 Å². The summed E-state index contributed by atoms with van der Waals surface area (Å²) in [6.07, 6.45) is 3.50. The summed E-state index contributed by atoms with van der Waals surface area (Å²) in [4.78, 5) is 31.9. The fourth-order valence-electron chi connectivity index (χ4n) is 4.28. The lowest BCUT2D eigenvalue weighted by Crippen LogP contribution is -2.39. The first-order chi connectivity index (χ1) is 17.5. The lowest BCUT2D eigenvalue weighted by molar-refractivity contribution is -0.139. The van der Waals surface area contributed by atoms with Crippen molar-refractivity contribution in [2.75, 3.05) is 13.7 Å². The average molecular weight is 501 g/mol. The highest BCUT2D eigenvalue weighted by Crippen LogP contribution is 2.31. The molecule has 5 rings (SSSR count). The van der Waals surface area contributed by atoms with E-state index in [0.29, 0.717) is 26.4 Å². The maximum absolute atomic E-state index is 13.8. The van der Waals surface area contributed by atoms with Crippen LogP contribution in [0, 0.1) is 0 Å². The van der Waals surface area contributed by atoms with Gasteiger partial charge in [0.25, 0.3) is 5.56 Å². The topological polar surface area (TPSA) is 98.6 Å². The summed E-state index contributed by atoms with van der Waals surface area (Å²) in [6, 6.07) is 16.4. The molecule has 2 aromatic heterocycles. The van der Waals surface area contributed by atoms with Crippen molar-refractivity contribution in [1.29, 1.82) is 0 Å². The van der Waals surface area contributed by atoms with Crippen LogP contribution in [0.1, 0.15) is 31.0 Å². The predicted octanol–water partition coefficient (Wildman–Crippen LogP) is 3.20. The zero-order chi connectivity index (χ0) is 25.2. The van der Waals surface area contributed by atoms with Gasteiger partial charge in [0.1, 0.15) is 5.75 Å². The van der Waals surface area contributed by atoms with E-state index >= 15 is 0 Å². The zero-order valence-electron chi connectivity index (χ0n) is 20.0. The maximum atomic E-state index is 13.8. The average Bonchev–Trinajstić information content (AvgIpc) is 3.48. The largest absolute Gasteiger partial charge is 0.497 e. The summed E-state index contributed by atoms with van der Waals surface area (Å²) in [5.74, 6) is 0.188. The molecule has 36 heavy (non-hydrogen) atoms. The number of carbonyl (C=O) groups is 1. The summed E-state index contributed by atoms with van der Waals surface area (Å²) < 4.78 is 12.7. The molecule has 2 aromatic carbocycles. The number of thiazole rings is 1. The van der Waals surface area contributed by atoms with Gasteiger partial charge in [0.15, 0.2) is 4.80 Å². The molecule has 182 valence electrons. The molecule has 0 aliphatic carbocycles. The van der Waals surface area contributed by atoms with Gasteiger partial charge >= 0.3 is 5.97 Å². The Bertz CT molecular complexity index is 1630. The lowest BCUT2D eigenvalue weighted by atomic mass is 9.96. The van der Waals surface area contributed by atoms with Gasteiger partial charge in [-0.2, -0.15) is 5.10 Å². The Morgan fingerprint density at radius 3 is 2.61 bits per heavy atom. The third-order valence-corrected chi connectivity index (χ3v) is 6.95. The number of nitrogens with one attached hydrogen (secondary N) is 1. The fourth-order valence-corrected chi connectivity index (χ4v) is 5.31. The van der Waals surface area contributed by atoms with Crippen LogP contribution in [-0.2, 0) is 9.53 Å². The number of H-pyrrole nitrogens is 1. The van der Waals surface area contributed by atoms with Crippen molar-refractivity contribution in [3.63, 3.8) is 0 Å². The van der Waals surface area contributed by atoms with Gasteiger partial charge in [0, 0.05) is 11.1 Å². The second kappa shape index (κ2) is 9.79. The molecule has 1 atom stereocenters. The van der Waals surface area contributed by atoms with E-state index in [2.05, 4.69) is 15.2 Å². The highest BCUT2D eigenvalue weighted by molar-refractivity contribution is 7.07. The van der Waals surface area contributed by atoms with Gasteiger partial charge < -0.3 is 9.47 Å². The quantitative estimate of drug-likeness (QED) is 0.410. The molecule has 0 radical (unpaired) electrons. The van der Waals surface area contributed by atoms with Gasteiger partial charge in [0.2, 0.25) is 0 Å². The van der Waals surface area contributed by atoms with Crippen molar-refractivity contribution in [3.8, 4) is 17.0 Å². The van der Waals surface area contributed by atoms with Crippen molar-refractivity contribution < 1.29 is 14.3 Å². The fraction of sp³-hybridized carbons (Fsp3) is 0.185. The van der Waals surface area contributed by atoms with Gasteiger partial charge in [-0.05, 0) is 37.6 Å². The molecule has 4 aromatic rings. The molecule has 1 unspecified atom stereocenters. The highest BCUT2D eigenvalue weighted by atomic mass is 32.1. The molecule has 1 aliphatic heterocycles. The van der Waals surface area contributed by atoms with Crippen LogP contribution in [0.2, 0.25) is 0 Å². The number of aromatic amines is 1. The number of nitrogens with zero attached hydrogens (tertiary/aromatic N) is 3. The van der Waals surface area contributed by atoms with E-state index in [-0.39, 0.29) is 12.2 Å². The summed E-state index contributed by atoms with van der Waals surface area (Å²) in [5, 5.41) is 7.21. The minimum Gasteiger partial charge on any atom is -0.497 e. The molecule has 3 heterocycles. The van der Waals surface area contributed by atoms with Crippen LogP contribution in [0.4, 0.5) is 0 Å². The molecule has 0 bridgehead atoms. The Morgan fingerprint density at radius 2 is 1.92 bits per heavy atom. The summed E-state index contributed by atoms with van der Waals surface area (Å²) in [6.45, 7) is 3.74. The number of rotatable bonds is 6. The van der Waals surface area contributed by atoms with Crippen molar-refractivity contribution in [2.24, 2.45) is 4.99 Å². The number of ether oxygens (including phenoxy) is 2. The minimum absolute atomic E-state index is 0.220. The van der Waals surface area contributed by atoms with Gasteiger partial charge in [-0.3, -0.25) is 14.5 Å². The SMILES string of the molecule is CCOC(=O)C1=C(C)N=c2s/c(=C\c3cn[nH]c3-c3ccccc3)c(=O)n2C1c1ccc(OC)cc1. The third-order valence-electron chi connectivity index (χ3n) is 5.97. The second-order valence-corrected chi connectivity index (χ2v) is 9.15. The van der Waals surface area contributed by atoms with Gasteiger partial charge in [0.05, 0.1) is 47.5 Å². The standard InChI is InChI=1S/C27H24N4O4S/c1-4-35-26(33)22-16(2)29-27-31(24(22)18-10-12-20(34-3)13-11-18)25(32)21(36-27)14-19-15-28-30-23(19)17-8-6-5-7-9-17/h5-15,24H,4H2,1-3H3,(H,28,30)/b21-14-. The molecule has 1 aliphatic rings. The Kier molecular flexibility index (Phi) is 6.39. The molecule has 0 amide bonds. The van der Waals surface area contributed by atoms with Crippen molar-refractivity contribution >= 4 is 23.4 Å². The number of carbonyl (C=O) groups excluding carboxylic acids is 1. The molecular formula is C27H24N4O4S. The Hall–Kier alpha value is -4.24. The third kappa shape index (κ3) is 4.18. The molecule has 0 spiro atoms. The smallest absolute Gasteiger partial charge is 0.338 e. The van der Waals surface area contributed by atoms with Crippen molar-refractivity contribution in [1.82, 2.24) is 14.8 Å². The number of hydrogen-bond acceptors (Lipinski definition) is 7. The first-order valence-corrected chi connectivity index (χ1v) is 12.3. The Balaban J connectivity index is 1.69. The number of aromatic nitrogens is 3. The number of fused-ring (bicyclic) bond motifs is 1. The maximum Gasteiger partial charge on any atom is 0.338 e. The number of hydrogen-bond donors (Lipinski definition) is 1. The lowest BCUT2D eigenvalue weighted by Gasteiger charge is -2.24. The van der Waals surface area contributed by atoms with Crippen LogP contribution in [0.5, 0.6) is 5.75 Å². The van der Waals surface area contributed by atoms with Crippen LogP contribution in [0.15, 0.2) is 81.9 Å². The summed E-state index contributed by atoms with van der Waals surface area (Å²) in [5.41, 5.74) is 3.95. The predicted molar refractivity (Wildman–Crippen MR) is 137 cm³/mol. The van der Waals surface area contributed by atoms with E-state index in [1.807, 2.05) is 48.5 Å². The normalized spacial score (nSPS) is 15.4. The van der Waals surface area contributed by atoms with E-state index in [1.54, 1.807) is 43.9 Å². The molecule has 0 saturated heterocycles. The number of allylic oxidation sites excluding steroid dienone is 1. The molecule has 0 fully saturated rings. The zero-order valence-corrected chi connectivity index (χ0v) is 20.8. The van der Waals surface area contributed by atoms with Crippen LogP contribution >= 0.6 is 11.3 Å². The van der Waals surface area contributed by atoms with E-state index in [0.717, 1.165) is 22.4 Å². The van der Waals surface area contributed by atoms with Crippen LogP contribution in [0.3, 0.4) is 0 Å². The summed E-state index contributed by atoms with van der Waals surface area (Å²) in [7, 11) is 1.59. The molecule has 0 saturated carbocycles. The number of esters is 1. The molecule has 9 heteroatoms. The van der Waals surface area contributed by atoms with Crippen LogP contribution in [-0.4, -0.2) is 34.5 Å². The summed E-state index contributed by atoms with van der Waals surface area (Å²) >= 11 is 1.28. The first kappa shape index (κ1) is 23.5. The number of methoxy groups -OCH3 is 1. The van der Waals surface area contributed by atoms with E-state index in [1.165, 1.54) is 11.3 Å². The highest BCUT2D eigenvalue weighted by Gasteiger charge is 2.33. The minimum atomic E-state index is -0.675. The number of benzene rings is 2. The van der Waals surface area contributed by atoms with Gasteiger partial charge in [-0.15, -0.1) is 0 Å². The molecule has 8 nitrogen and oxygen atoms in total. The van der Waals surface area contributed by atoms with Gasteiger partial charge in [-0.1, -0.05) is 53.8 Å². The van der Waals surface area contributed by atoms with E-state index in [4.69, 9.17) is 9.47 Å². The Labute approximate surface area is 210 Å². The second-order valence-electron chi connectivity index (χ2n) is 8.14. The van der Waals surface area contributed by atoms with Crippen molar-refractivity contribution in [2.45, 2.75) is 19.9 Å². The Morgan fingerprint density at radius 1 is 1.17 bits per heavy atom. The van der Waals surface area contributed by atoms with Crippen LogP contribution in [0.25, 0.3) is 17.3 Å². The first-order valence-electron chi connectivity index (χ1n) is 11.4. The van der Waals surface area contributed by atoms with E-state index in [9.17, 15) is 9.59 Å². The monoisotopic (exact) mass is 500 g/mol. The molecular weight excluding hydrogens is 476 g/mol. The van der Waals surface area contributed by atoms with E-state index < -0.39 is 12.0 Å². The van der Waals surface area contributed by atoms with Gasteiger partial charge in [-0.25, -0.2) is 9.79 Å². The molecule has 1 N–H and O–H groups in total.